The summed E-state index contributed by atoms with van der Waals surface area (Å²) in [6.07, 6.45) is 8.30. The number of fused-ring (bicyclic) bond motifs is 2. The Hall–Kier alpha value is -0.940. The molecule has 2 aliphatic carbocycles. The van der Waals surface area contributed by atoms with Crippen LogP contribution in [0.1, 0.15) is 37.0 Å². The molecule has 0 aromatic carbocycles. The molecule has 5 heteroatoms. The van der Waals surface area contributed by atoms with Crippen molar-refractivity contribution in [1.29, 1.82) is 0 Å². The van der Waals surface area contributed by atoms with E-state index < -0.39 is 0 Å². The molecular formula is C17H25N3OS. The summed E-state index contributed by atoms with van der Waals surface area (Å²) in [4.78, 5) is 22.6. The lowest BCUT2D eigenvalue weighted by Gasteiger charge is -2.35. The summed E-state index contributed by atoms with van der Waals surface area (Å²) in [5.41, 5.74) is 1.89. The van der Waals surface area contributed by atoms with Gasteiger partial charge in [0.15, 0.2) is 0 Å². The Bertz CT molecular complexity index is 510. The lowest BCUT2D eigenvalue weighted by Crippen LogP contribution is -2.48. The van der Waals surface area contributed by atoms with E-state index in [9.17, 15) is 4.79 Å². The Balaban J connectivity index is 1.24. The van der Waals surface area contributed by atoms with E-state index >= 15 is 0 Å². The molecule has 1 aromatic rings. The van der Waals surface area contributed by atoms with Crippen LogP contribution >= 0.6 is 11.3 Å². The Kier molecular flexibility index (Phi) is 4.18. The first-order valence-corrected chi connectivity index (χ1v) is 9.53. The first kappa shape index (κ1) is 14.6. The number of rotatable bonds is 4. The van der Waals surface area contributed by atoms with Gasteiger partial charge in [-0.1, -0.05) is 6.42 Å². The first-order chi connectivity index (χ1) is 10.8. The van der Waals surface area contributed by atoms with E-state index in [1.165, 1.54) is 30.6 Å². The molecule has 3 atom stereocenters. The third-order valence-corrected chi connectivity index (χ3v) is 6.67. The topological polar surface area (TPSA) is 36.4 Å². The lowest BCUT2D eigenvalue weighted by molar-refractivity contribution is -0.134. The van der Waals surface area contributed by atoms with Gasteiger partial charge in [-0.15, -0.1) is 11.3 Å². The summed E-state index contributed by atoms with van der Waals surface area (Å²) >= 11 is 1.72. The third kappa shape index (κ3) is 3.06. The number of hydrogen-bond donors (Lipinski definition) is 0. The number of carbonyl (C=O) groups excluding carboxylic acids is 1. The van der Waals surface area contributed by atoms with Crippen LogP contribution in [0.4, 0.5) is 0 Å². The molecule has 4 nitrogen and oxygen atoms in total. The normalized spacial score (nSPS) is 31.8. The highest BCUT2D eigenvalue weighted by atomic mass is 32.1. The summed E-state index contributed by atoms with van der Waals surface area (Å²) in [6.45, 7) is 4.79. The van der Waals surface area contributed by atoms with Gasteiger partial charge in [0.05, 0.1) is 5.51 Å². The summed E-state index contributed by atoms with van der Waals surface area (Å²) in [7, 11) is 0. The molecule has 0 N–H and O–H groups in total. The second-order valence-corrected chi connectivity index (χ2v) is 8.23. The Morgan fingerprint density at radius 2 is 2.09 bits per heavy atom. The molecule has 0 spiro atoms. The third-order valence-electron chi connectivity index (χ3n) is 5.91. The fourth-order valence-electron chi connectivity index (χ4n) is 4.68. The van der Waals surface area contributed by atoms with Gasteiger partial charge < -0.3 is 4.90 Å². The molecule has 1 aliphatic heterocycles. The largest absolute Gasteiger partial charge is 0.340 e. The maximum atomic E-state index is 12.6. The van der Waals surface area contributed by atoms with Crippen LogP contribution in [-0.4, -0.2) is 46.9 Å². The number of hydrogen-bond acceptors (Lipinski definition) is 4. The summed E-state index contributed by atoms with van der Waals surface area (Å²) in [5.74, 6) is 2.91. The van der Waals surface area contributed by atoms with Gasteiger partial charge in [-0.2, -0.15) is 0 Å². The molecule has 1 aromatic heterocycles. The van der Waals surface area contributed by atoms with Crippen LogP contribution in [0.25, 0.3) is 0 Å². The summed E-state index contributed by atoms with van der Waals surface area (Å²) < 4.78 is 0. The molecule has 2 saturated carbocycles. The van der Waals surface area contributed by atoms with Crippen LogP contribution in [-0.2, 0) is 11.3 Å². The average Bonchev–Trinajstić information content (AvgIpc) is 3.25. The maximum absolute atomic E-state index is 12.6. The van der Waals surface area contributed by atoms with Crippen molar-refractivity contribution in [3.05, 3.63) is 16.6 Å². The SMILES string of the molecule is O=C(CC1CC2CCC1C2)N1CCN(Cc2cncs2)CC1. The number of aromatic nitrogens is 1. The van der Waals surface area contributed by atoms with Gasteiger partial charge >= 0.3 is 0 Å². The Morgan fingerprint density at radius 3 is 2.73 bits per heavy atom. The van der Waals surface area contributed by atoms with Crippen LogP contribution in [0.3, 0.4) is 0 Å². The summed E-state index contributed by atoms with van der Waals surface area (Å²) in [6, 6.07) is 0. The van der Waals surface area contributed by atoms with E-state index in [1.54, 1.807) is 11.3 Å². The zero-order valence-corrected chi connectivity index (χ0v) is 13.9. The number of piperazine rings is 1. The van der Waals surface area contributed by atoms with Crippen molar-refractivity contribution in [2.24, 2.45) is 17.8 Å². The number of carbonyl (C=O) groups is 1. The van der Waals surface area contributed by atoms with E-state index in [-0.39, 0.29) is 0 Å². The van der Waals surface area contributed by atoms with Crippen LogP contribution in [0.2, 0.25) is 0 Å². The predicted octanol–water partition coefficient (Wildman–Crippen LogP) is 2.61. The highest BCUT2D eigenvalue weighted by Gasteiger charge is 2.40. The standard InChI is InChI=1S/C17H25N3OS/c21-17(9-15-8-13-1-2-14(15)7-13)20-5-3-19(4-6-20)11-16-10-18-12-22-16/h10,12-15H,1-9,11H2. The summed E-state index contributed by atoms with van der Waals surface area (Å²) in [5, 5.41) is 0. The van der Waals surface area contributed by atoms with E-state index in [0.29, 0.717) is 11.8 Å². The van der Waals surface area contributed by atoms with Gasteiger partial charge in [0.25, 0.3) is 0 Å². The van der Waals surface area contributed by atoms with Gasteiger partial charge in [0.2, 0.25) is 5.91 Å². The van der Waals surface area contributed by atoms with Crippen LogP contribution < -0.4 is 0 Å². The molecule has 2 heterocycles. The van der Waals surface area contributed by atoms with E-state index in [1.807, 2.05) is 11.7 Å². The zero-order chi connectivity index (χ0) is 14.9. The molecular weight excluding hydrogens is 294 g/mol. The van der Waals surface area contributed by atoms with Gasteiger partial charge in [0.1, 0.15) is 0 Å². The van der Waals surface area contributed by atoms with Crippen molar-refractivity contribution >= 4 is 17.2 Å². The molecule has 3 fully saturated rings. The Morgan fingerprint density at radius 1 is 1.23 bits per heavy atom. The van der Waals surface area contributed by atoms with Crippen molar-refractivity contribution < 1.29 is 4.79 Å². The van der Waals surface area contributed by atoms with E-state index in [2.05, 4.69) is 14.8 Å². The van der Waals surface area contributed by atoms with Gasteiger partial charge in [-0.05, 0) is 37.0 Å². The minimum absolute atomic E-state index is 0.412. The smallest absolute Gasteiger partial charge is 0.222 e. The van der Waals surface area contributed by atoms with E-state index in [0.717, 1.165) is 51.0 Å². The predicted molar refractivity (Wildman–Crippen MR) is 87.5 cm³/mol. The molecule has 2 bridgehead atoms. The zero-order valence-electron chi connectivity index (χ0n) is 13.1. The fourth-order valence-corrected chi connectivity index (χ4v) is 5.31. The molecule has 120 valence electrons. The Labute approximate surface area is 136 Å². The second-order valence-electron chi connectivity index (χ2n) is 7.26. The molecule has 1 saturated heterocycles. The first-order valence-electron chi connectivity index (χ1n) is 8.65. The van der Waals surface area contributed by atoms with Crippen molar-refractivity contribution in [2.75, 3.05) is 26.2 Å². The molecule has 1 amide bonds. The van der Waals surface area contributed by atoms with Crippen molar-refractivity contribution in [3.63, 3.8) is 0 Å². The number of thiazole rings is 1. The number of amides is 1. The van der Waals surface area contributed by atoms with Crippen LogP contribution in [0.15, 0.2) is 11.7 Å². The minimum atomic E-state index is 0.412. The van der Waals surface area contributed by atoms with Gasteiger partial charge in [0, 0.05) is 50.2 Å². The second kappa shape index (κ2) is 6.28. The monoisotopic (exact) mass is 319 g/mol. The molecule has 3 unspecified atom stereocenters. The highest BCUT2D eigenvalue weighted by molar-refractivity contribution is 7.09. The van der Waals surface area contributed by atoms with Crippen LogP contribution in [0, 0.1) is 17.8 Å². The molecule has 4 rings (SSSR count). The van der Waals surface area contributed by atoms with Crippen molar-refractivity contribution in [3.8, 4) is 0 Å². The van der Waals surface area contributed by atoms with E-state index in [4.69, 9.17) is 0 Å². The number of nitrogens with zero attached hydrogens (tertiary/aromatic N) is 3. The van der Waals surface area contributed by atoms with Crippen molar-refractivity contribution in [2.45, 2.75) is 38.6 Å². The highest BCUT2D eigenvalue weighted by Crippen LogP contribution is 2.49. The average molecular weight is 319 g/mol. The van der Waals surface area contributed by atoms with Crippen molar-refractivity contribution in [1.82, 2.24) is 14.8 Å². The fraction of sp³-hybridized carbons (Fsp3) is 0.765. The minimum Gasteiger partial charge on any atom is -0.340 e. The van der Waals surface area contributed by atoms with Gasteiger partial charge in [-0.3, -0.25) is 14.7 Å². The lowest BCUT2D eigenvalue weighted by atomic mass is 9.86. The molecule has 22 heavy (non-hydrogen) atoms. The maximum Gasteiger partial charge on any atom is 0.222 e. The molecule has 3 aliphatic rings. The van der Waals surface area contributed by atoms with Crippen LogP contribution in [0.5, 0.6) is 0 Å². The quantitative estimate of drug-likeness (QED) is 0.856. The van der Waals surface area contributed by atoms with Gasteiger partial charge in [-0.25, -0.2) is 0 Å². The molecule has 0 radical (unpaired) electrons.